The van der Waals surface area contributed by atoms with Crippen LogP contribution < -0.4 is 4.74 Å². The van der Waals surface area contributed by atoms with E-state index in [4.69, 9.17) is 9.47 Å². The maximum atomic E-state index is 10.4. The van der Waals surface area contributed by atoms with Crippen LogP contribution in [0.3, 0.4) is 0 Å². The number of hydrogen-bond donors (Lipinski definition) is 1. The molecule has 4 nitrogen and oxygen atoms in total. The highest BCUT2D eigenvalue weighted by Crippen LogP contribution is 2.36. The minimum atomic E-state index is -0.505. The van der Waals surface area contributed by atoms with Crippen LogP contribution in [0.25, 0.3) is 0 Å². The van der Waals surface area contributed by atoms with Gasteiger partial charge in [0, 0.05) is 5.56 Å². The van der Waals surface area contributed by atoms with E-state index in [1.54, 1.807) is 0 Å². The van der Waals surface area contributed by atoms with Gasteiger partial charge in [0.25, 0.3) is 0 Å². The van der Waals surface area contributed by atoms with Gasteiger partial charge in [-0.05, 0) is 41.9 Å². The molecule has 0 bridgehead atoms. The van der Waals surface area contributed by atoms with Gasteiger partial charge < -0.3 is 19.1 Å². The van der Waals surface area contributed by atoms with Crippen LogP contribution in [-0.2, 0) is 16.7 Å². The lowest BCUT2D eigenvalue weighted by Crippen LogP contribution is -2.46. The van der Waals surface area contributed by atoms with Gasteiger partial charge >= 0.3 is 0 Å². The lowest BCUT2D eigenvalue weighted by molar-refractivity contribution is -0.906. The molecular formula is C29H46NO3+. The van der Waals surface area contributed by atoms with Crippen molar-refractivity contribution in [1.29, 1.82) is 0 Å². The summed E-state index contributed by atoms with van der Waals surface area (Å²) in [6.07, 6.45) is 0.617. The second kappa shape index (κ2) is 11.5. The summed E-state index contributed by atoms with van der Waals surface area (Å²) in [5.74, 6) is 0.852. The Labute approximate surface area is 202 Å². The molecule has 0 spiro atoms. The van der Waals surface area contributed by atoms with Crippen molar-refractivity contribution in [3.63, 3.8) is 0 Å². The molecule has 0 saturated carbocycles. The van der Waals surface area contributed by atoms with Crippen molar-refractivity contribution in [2.24, 2.45) is 5.41 Å². The molecule has 2 aromatic rings. The molecule has 33 heavy (non-hydrogen) atoms. The van der Waals surface area contributed by atoms with E-state index >= 15 is 0 Å². The zero-order valence-electron chi connectivity index (χ0n) is 22.1. The summed E-state index contributed by atoms with van der Waals surface area (Å²) in [4.78, 5) is 0. The number of benzene rings is 2. The van der Waals surface area contributed by atoms with Crippen LogP contribution in [0.2, 0.25) is 0 Å². The second-order valence-corrected chi connectivity index (χ2v) is 12.0. The van der Waals surface area contributed by atoms with E-state index < -0.39 is 6.10 Å². The minimum Gasteiger partial charge on any atom is -0.491 e. The number of aliphatic hydroxyl groups is 1. The Hall–Kier alpha value is -1.88. The molecular weight excluding hydrogens is 410 g/mol. The monoisotopic (exact) mass is 456 g/mol. The van der Waals surface area contributed by atoms with Crippen molar-refractivity contribution < 1.29 is 19.1 Å². The van der Waals surface area contributed by atoms with E-state index in [1.165, 1.54) is 16.7 Å². The fraction of sp³-hybridized carbons (Fsp3) is 0.586. The Morgan fingerprint density at radius 2 is 1.48 bits per heavy atom. The summed E-state index contributed by atoms with van der Waals surface area (Å²) < 4.78 is 12.2. The van der Waals surface area contributed by atoms with Gasteiger partial charge in [-0.15, -0.1) is 0 Å². The normalized spacial score (nSPS) is 13.7. The van der Waals surface area contributed by atoms with Crippen LogP contribution in [0.1, 0.15) is 57.7 Å². The van der Waals surface area contributed by atoms with Crippen molar-refractivity contribution in [3.8, 4) is 5.75 Å². The van der Waals surface area contributed by atoms with Crippen LogP contribution in [0.4, 0.5) is 0 Å². The number of ether oxygens (including phenoxy) is 2. The van der Waals surface area contributed by atoms with Gasteiger partial charge in [0.1, 0.15) is 31.5 Å². The van der Waals surface area contributed by atoms with E-state index in [2.05, 4.69) is 92.0 Å². The lowest BCUT2D eigenvalue weighted by atomic mass is 9.72. The predicted molar refractivity (Wildman–Crippen MR) is 138 cm³/mol. The van der Waals surface area contributed by atoms with E-state index in [0.29, 0.717) is 30.8 Å². The Balaban J connectivity index is 1.69. The average molecular weight is 457 g/mol. The highest BCUT2D eigenvalue weighted by Gasteiger charge is 2.27. The number of quaternary nitrogens is 1. The first-order valence-corrected chi connectivity index (χ1v) is 12.1. The summed E-state index contributed by atoms with van der Waals surface area (Å²) >= 11 is 0. The third-order valence-corrected chi connectivity index (χ3v) is 5.85. The van der Waals surface area contributed by atoms with Crippen molar-refractivity contribution >= 4 is 0 Å². The Bertz CT molecular complexity index is 833. The highest BCUT2D eigenvalue weighted by atomic mass is 16.5. The van der Waals surface area contributed by atoms with E-state index in [0.717, 1.165) is 18.7 Å². The van der Waals surface area contributed by atoms with Crippen molar-refractivity contribution in [2.75, 3.05) is 40.5 Å². The maximum Gasteiger partial charge on any atom is 0.126 e. The van der Waals surface area contributed by atoms with Gasteiger partial charge in [-0.2, -0.15) is 0 Å². The van der Waals surface area contributed by atoms with Gasteiger partial charge in [-0.25, -0.2) is 0 Å². The quantitative estimate of drug-likeness (QED) is 0.327. The van der Waals surface area contributed by atoms with Crippen LogP contribution in [0.5, 0.6) is 5.75 Å². The zero-order chi connectivity index (χ0) is 24.7. The first-order chi connectivity index (χ1) is 15.3. The molecule has 0 aliphatic heterocycles. The smallest absolute Gasteiger partial charge is 0.126 e. The van der Waals surface area contributed by atoms with Gasteiger partial charge in [0.2, 0.25) is 0 Å². The molecule has 0 radical (unpaired) electrons. The maximum absolute atomic E-state index is 10.4. The summed E-state index contributed by atoms with van der Waals surface area (Å²) in [7, 11) is 4.28. The molecule has 0 heterocycles. The Morgan fingerprint density at radius 3 is 2.06 bits per heavy atom. The summed E-state index contributed by atoms with van der Waals surface area (Å²) in [6.45, 7) is 16.3. The van der Waals surface area contributed by atoms with Gasteiger partial charge in [0.05, 0.1) is 27.3 Å². The number of rotatable bonds is 12. The van der Waals surface area contributed by atoms with Crippen molar-refractivity contribution in [3.05, 3.63) is 65.2 Å². The molecule has 0 aromatic heterocycles. The standard InChI is InChI=1S/C29H46NO3/c1-23-9-11-24(12-10-23)19-30(7,8)20-26(31)21-32-17-18-33-27-15-13-25(14-16-27)29(5,6)22-28(2,3)4/h9-16,26,31H,17-22H2,1-8H3/q+1/t26-/m0/s1. The molecule has 0 unspecified atom stereocenters. The molecule has 2 rings (SSSR count). The van der Waals surface area contributed by atoms with E-state index in [-0.39, 0.29) is 10.8 Å². The highest BCUT2D eigenvalue weighted by molar-refractivity contribution is 5.31. The molecule has 2 aromatic carbocycles. The summed E-state index contributed by atoms with van der Waals surface area (Å²) in [6, 6.07) is 17.0. The van der Waals surface area contributed by atoms with Gasteiger partial charge in [-0.3, -0.25) is 0 Å². The number of aliphatic hydroxyl groups excluding tert-OH is 1. The van der Waals surface area contributed by atoms with Crippen molar-refractivity contribution in [2.45, 2.75) is 66.0 Å². The molecule has 4 heteroatoms. The van der Waals surface area contributed by atoms with E-state index in [1.807, 2.05) is 12.1 Å². The molecule has 0 aliphatic rings. The number of likely N-dealkylation sites (N-methyl/N-ethyl adjacent to an activating group) is 1. The first-order valence-electron chi connectivity index (χ1n) is 12.1. The Morgan fingerprint density at radius 1 is 0.879 bits per heavy atom. The molecule has 1 atom stereocenters. The SMILES string of the molecule is Cc1ccc(C[N+](C)(C)C[C@H](O)COCCOc2ccc(C(C)(C)CC(C)(C)C)cc2)cc1. The van der Waals surface area contributed by atoms with Crippen LogP contribution >= 0.6 is 0 Å². The molecule has 184 valence electrons. The van der Waals surface area contributed by atoms with E-state index in [9.17, 15) is 5.11 Å². The fourth-order valence-corrected chi connectivity index (χ4v) is 4.74. The molecule has 0 saturated heterocycles. The second-order valence-electron chi connectivity index (χ2n) is 12.0. The third-order valence-electron chi connectivity index (χ3n) is 5.85. The average Bonchev–Trinajstić information content (AvgIpc) is 2.67. The number of hydrogen-bond acceptors (Lipinski definition) is 3. The van der Waals surface area contributed by atoms with Crippen LogP contribution in [-0.4, -0.2) is 56.2 Å². The predicted octanol–water partition coefficient (Wildman–Crippen LogP) is 5.74. The zero-order valence-corrected chi connectivity index (χ0v) is 22.1. The largest absolute Gasteiger partial charge is 0.491 e. The van der Waals surface area contributed by atoms with Crippen LogP contribution in [0.15, 0.2) is 48.5 Å². The Kier molecular flexibility index (Phi) is 9.54. The fourth-order valence-electron chi connectivity index (χ4n) is 4.74. The van der Waals surface area contributed by atoms with Gasteiger partial charge in [0.15, 0.2) is 0 Å². The summed E-state index contributed by atoms with van der Waals surface area (Å²) in [5, 5.41) is 10.4. The van der Waals surface area contributed by atoms with Crippen LogP contribution in [0, 0.1) is 12.3 Å². The molecule has 0 aliphatic carbocycles. The van der Waals surface area contributed by atoms with Gasteiger partial charge in [-0.1, -0.05) is 76.6 Å². The number of nitrogens with zero attached hydrogens (tertiary/aromatic N) is 1. The topological polar surface area (TPSA) is 38.7 Å². The molecule has 1 N–H and O–H groups in total. The molecule has 0 amide bonds. The minimum absolute atomic E-state index is 0.127. The summed E-state index contributed by atoms with van der Waals surface area (Å²) in [5.41, 5.74) is 4.28. The van der Waals surface area contributed by atoms with Crippen molar-refractivity contribution in [1.82, 2.24) is 0 Å². The number of aryl methyl sites for hydroxylation is 1. The third kappa shape index (κ3) is 10.3. The molecule has 0 fully saturated rings. The first kappa shape index (κ1) is 27.4. The lowest BCUT2D eigenvalue weighted by Gasteiger charge is -2.33.